The van der Waals surface area contributed by atoms with Crippen molar-refractivity contribution in [2.24, 2.45) is 5.92 Å². The second kappa shape index (κ2) is 8.16. The Morgan fingerprint density at radius 2 is 1.33 bits per heavy atom. The van der Waals surface area contributed by atoms with Gasteiger partial charge in [-0.25, -0.2) is 0 Å². The molecule has 0 saturated carbocycles. The summed E-state index contributed by atoms with van der Waals surface area (Å²) in [5.41, 5.74) is 0. The van der Waals surface area contributed by atoms with Crippen molar-refractivity contribution in [2.45, 2.75) is 39.7 Å². The van der Waals surface area contributed by atoms with Gasteiger partial charge in [-0.05, 0) is 29.1 Å². The van der Waals surface area contributed by atoms with Crippen molar-refractivity contribution in [1.29, 1.82) is 0 Å². The Kier molecular flexibility index (Phi) is 6.21. The van der Waals surface area contributed by atoms with Crippen LogP contribution >= 0.6 is 0 Å². The Morgan fingerprint density at radius 3 is 1.71 bits per heavy atom. The Morgan fingerprint density at radius 1 is 0.857 bits per heavy atom. The Balaban J connectivity index is 2.24. The molecule has 0 saturated heterocycles. The van der Waals surface area contributed by atoms with Crippen molar-refractivity contribution in [3.8, 4) is 0 Å². The summed E-state index contributed by atoms with van der Waals surface area (Å²) in [6, 6.07) is 21.5. The molecule has 0 aliphatic heterocycles. The average molecular weight is 299 g/mol. The van der Waals surface area contributed by atoms with E-state index in [0.29, 0.717) is 12.0 Å². The zero-order valence-corrected chi connectivity index (χ0v) is 14.5. The molecule has 0 N–H and O–H groups in total. The molecule has 112 valence electrons. The van der Waals surface area contributed by atoms with Crippen LogP contribution < -0.4 is 10.4 Å². The maximum atomic E-state index is 6.62. The van der Waals surface area contributed by atoms with Gasteiger partial charge in [0.1, 0.15) is 0 Å². The van der Waals surface area contributed by atoms with Gasteiger partial charge in [0.15, 0.2) is 0 Å². The highest BCUT2D eigenvalue weighted by molar-refractivity contribution is 6.80. The minimum atomic E-state index is -1.58. The molecule has 2 aromatic carbocycles. The lowest BCUT2D eigenvalue weighted by molar-refractivity contribution is 0.176. The van der Waals surface area contributed by atoms with Crippen LogP contribution in [0.5, 0.6) is 0 Å². The lowest BCUT2D eigenvalue weighted by Crippen LogP contribution is -2.47. The molecule has 2 rings (SSSR count). The van der Waals surface area contributed by atoms with Crippen molar-refractivity contribution in [1.82, 2.24) is 0 Å². The van der Waals surface area contributed by atoms with Crippen molar-refractivity contribution in [2.75, 3.05) is 0 Å². The van der Waals surface area contributed by atoms with E-state index in [2.05, 4.69) is 81.4 Å². The third-order valence-electron chi connectivity index (χ3n) is 3.72. The molecule has 2 heteroatoms. The first-order valence-corrected chi connectivity index (χ1v) is 9.58. The van der Waals surface area contributed by atoms with Crippen molar-refractivity contribution in [3.63, 3.8) is 0 Å². The van der Waals surface area contributed by atoms with Gasteiger partial charge in [-0.1, -0.05) is 81.4 Å². The fraction of sp³-hybridized carbons (Fsp3) is 0.368. The molecule has 2 aromatic rings. The summed E-state index contributed by atoms with van der Waals surface area (Å²) < 4.78 is 6.62. The molecule has 0 amide bonds. The summed E-state index contributed by atoms with van der Waals surface area (Å²) in [5.74, 6) is 0.677. The minimum absolute atomic E-state index is 0.363. The molecule has 0 heterocycles. The van der Waals surface area contributed by atoms with Crippen LogP contribution in [0.25, 0.3) is 0 Å². The molecule has 21 heavy (non-hydrogen) atoms. The van der Waals surface area contributed by atoms with E-state index in [9.17, 15) is 0 Å². The average Bonchev–Trinajstić information content (AvgIpc) is 2.52. The molecular formula is C19H26OSi. The lowest BCUT2D eigenvalue weighted by Gasteiger charge is -2.25. The highest BCUT2D eigenvalue weighted by Gasteiger charge is 2.21. The van der Waals surface area contributed by atoms with Crippen LogP contribution in [0.15, 0.2) is 60.7 Å². The molecule has 0 aromatic heterocycles. The van der Waals surface area contributed by atoms with E-state index in [1.54, 1.807) is 0 Å². The second-order valence-electron chi connectivity index (χ2n) is 6.00. The van der Waals surface area contributed by atoms with E-state index >= 15 is 0 Å². The summed E-state index contributed by atoms with van der Waals surface area (Å²) in [7, 11) is -1.58. The van der Waals surface area contributed by atoms with Gasteiger partial charge < -0.3 is 4.43 Å². The van der Waals surface area contributed by atoms with E-state index in [0.717, 1.165) is 12.8 Å². The number of hydrogen-bond acceptors (Lipinski definition) is 1. The summed E-state index contributed by atoms with van der Waals surface area (Å²) in [4.78, 5) is 0. The standard InChI is InChI=1S/C19H26OSi/c1-4-17(15-16(2)3)20-21(18-11-7-5-8-12-18)19-13-9-6-10-14-19/h5-14,16-17,21H,4,15H2,1-3H3/t17-/m0/s1. The second-order valence-corrected chi connectivity index (χ2v) is 8.36. The summed E-state index contributed by atoms with van der Waals surface area (Å²) in [6.07, 6.45) is 2.59. The fourth-order valence-corrected chi connectivity index (χ4v) is 5.17. The Hall–Kier alpha value is -1.38. The first kappa shape index (κ1) is 16.0. The molecule has 0 aliphatic rings. The van der Waals surface area contributed by atoms with Crippen LogP contribution in [0.3, 0.4) is 0 Å². The fourth-order valence-electron chi connectivity index (χ4n) is 2.64. The molecule has 0 spiro atoms. The molecule has 0 fully saturated rings. The maximum absolute atomic E-state index is 6.62. The highest BCUT2D eigenvalue weighted by Crippen LogP contribution is 2.13. The minimum Gasteiger partial charge on any atom is -0.408 e. The quantitative estimate of drug-likeness (QED) is 0.712. The molecule has 1 atom stereocenters. The highest BCUT2D eigenvalue weighted by atomic mass is 28.3. The van der Waals surface area contributed by atoms with Crippen molar-refractivity contribution in [3.05, 3.63) is 60.7 Å². The predicted octanol–water partition coefficient (Wildman–Crippen LogP) is 3.37. The number of benzene rings is 2. The van der Waals surface area contributed by atoms with Crippen molar-refractivity contribution < 1.29 is 4.43 Å². The monoisotopic (exact) mass is 298 g/mol. The topological polar surface area (TPSA) is 9.23 Å². The molecule has 0 unspecified atom stereocenters. The summed E-state index contributed by atoms with van der Waals surface area (Å²) in [5, 5.41) is 2.73. The van der Waals surface area contributed by atoms with Crippen LogP contribution in [-0.4, -0.2) is 15.1 Å². The van der Waals surface area contributed by atoms with Gasteiger partial charge in [0, 0.05) is 6.10 Å². The van der Waals surface area contributed by atoms with Crippen LogP contribution in [0.2, 0.25) is 0 Å². The maximum Gasteiger partial charge on any atom is 0.240 e. The smallest absolute Gasteiger partial charge is 0.240 e. The summed E-state index contributed by atoms with van der Waals surface area (Å²) >= 11 is 0. The van der Waals surface area contributed by atoms with Gasteiger partial charge in [0.2, 0.25) is 9.04 Å². The first-order chi connectivity index (χ1) is 10.2. The normalized spacial score (nSPS) is 12.8. The van der Waals surface area contributed by atoms with Gasteiger partial charge in [0.05, 0.1) is 0 Å². The number of rotatable bonds is 7. The van der Waals surface area contributed by atoms with E-state index in [1.165, 1.54) is 10.4 Å². The molecule has 0 bridgehead atoms. The zero-order chi connectivity index (χ0) is 15.1. The molecule has 1 nitrogen and oxygen atoms in total. The van der Waals surface area contributed by atoms with Gasteiger partial charge in [-0.2, -0.15) is 0 Å². The zero-order valence-electron chi connectivity index (χ0n) is 13.3. The van der Waals surface area contributed by atoms with E-state index in [4.69, 9.17) is 4.43 Å². The van der Waals surface area contributed by atoms with Crippen LogP contribution in [0.4, 0.5) is 0 Å². The van der Waals surface area contributed by atoms with Gasteiger partial charge in [0.25, 0.3) is 0 Å². The Bertz CT molecular complexity index is 470. The van der Waals surface area contributed by atoms with Crippen LogP contribution in [0, 0.1) is 5.92 Å². The van der Waals surface area contributed by atoms with Gasteiger partial charge in [-0.3, -0.25) is 0 Å². The Labute approximate surface area is 130 Å². The molecule has 0 aliphatic carbocycles. The first-order valence-electron chi connectivity index (χ1n) is 7.96. The summed E-state index contributed by atoms with van der Waals surface area (Å²) in [6.45, 7) is 6.77. The van der Waals surface area contributed by atoms with Crippen molar-refractivity contribution >= 4 is 19.4 Å². The molecular weight excluding hydrogens is 272 g/mol. The van der Waals surface area contributed by atoms with Crippen LogP contribution in [0.1, 0.15) is 33.6 Å². The SMILES string of the molecule is CC[C@@H](CC(C)C)O[SiH](c1ccccc1)c1ccccc1. The van der Waals surface area contributed by atoms with Crippen LogP contribution in [-0.2, 0) is 4.43 Å². The lowest BCUT2D eigenvalue weighted by atomic mass is 10.0. The number of hydrogen-bond donors (Lipinski definition) is 0. The van der Waals surface area contributed by atoms with Gasteiger partial charge >= 0.3 is 0 Å². The largest absolute Gasteiger partial charge is 0.408 e. The third kappa shape index (κ3) is 4.83. The predicted molar refractivity (Wildman–Crippen MR) is 93.9 cm³/mol. The van der Waals surface area contributed by atoms with E-state index in [1.807, 2.05) is 0 Å². The molecule has 0 radical (unpaired) electrons. The van der Waals surface area contributed by atoms with E-state index in [-0.39, 0.29) is 0 Å². The van der Waals surface area contributed by atoms with E-state index < -0.39 is 9.04 Å². The third-order valence-corrected chi connectivity index (χ3v) is 6.36. The van der Waals surface area contributed by atoms with Gasteiger partial charge in [-0.15, -0.1) is 0 Å².